The van der Waals surface area contributed by atoms with Gasteiger partial charge in [-0.3, -0.25) is 19.5 Å². The predicted molar refractivity (Wildman–Crippen MR) is 110 cm³/mol. The van der Waals surface area contributed by atoms with Gasteiger partial charge in [-0.05, 0) is 50.1 Å². The topological polar surface area (TPSA) is 107 Å². The zero-order valence-corrected chi connectivity index (χ0v) is 16.5. The van der Waals surface area contributed by atoms with Crippen LogP contribution in [-0.4, -0.2) is 26.7 Å². The molecule has 1 aromatic heterocycles. The second-order valence-electron chi connectivity index (χ2n) is 6.46. The fraction of sp³-hybridized carbons (Fsp3) is 0.200. The predicted octanol–water partition coefficient (Wildman–Crippen LogP) is 2.68. The molecule has 144 valence electrons. The van der Waals surface area contributed by atoms with E-state index in [1.54, 1.807) is 31.2 Å². The smallest absolute Gasteiger partial charge is 0.318 e. The highest BCUT2D eigenvalue weighted by Crippen LogP contribution is 2.26. The number of thioether (sulfide) groups is 1. The number of primary amides is 1. The largest absolute Gasteiger partial charge is 0.351 e. The molecule has 0 aliphatic rings. The van der Waals surface area contributed by atoms with Crippen LogP contribution in [0.5, 0.6) is 0 Å². The molecule has 3 amide bonds. The maximum absolute atomic E-state index is 13.3. The summed E-state index contributed by atoms with van der Waals surface area (Å²) in [5.74, 6) is -0.549. The lowest BCUT2D eigenvalue weighted by Gasteiger charge is -2.17. The number of para-hydroxylation sites is 1. The van der Waals surface area contributed by atoms with Crippen LogP contribution >= 0.6 is 11.8 Å². The SMILES string of the molecule is Cc1ccc(C)c(-n2c(SC(C)C(=O)NC(N)=O)nc3ccccc3c2=O)c1. The molecule has 3 aromatic rings. The quantitative estimate of drug-likeness (QED) is 0.521. The van der Waals surface area contributed by atoms with Gasteiger partial charge in [0.05, 0.1) is 21.8 Å². The maximum Gasteiger partial charge on any atom is 0.318 e. The van der Waals surface area contributed by atoms with Gasteiger partial charge in [0.2, 0.25) is 5.91 Å². The Morgan fingerprint density at radius 3 is 2.61 bits per heavy atom. The summed E-state index contributed by atoms with van der Waals surface area (Å²) in [4.78, 5) is 41.0. The summed E-state index contributed by atoms with van der Waals surface area (Å²) in [5.41, 5.74) is 7.95. The summed E-state index contributed by atoms with van der Waals surface area (Å²) < 4.78 is 1.52. The number of aromatic nitrogens is 2. The molecule has 0 bridgehead atoms. The molecule has 0 saturated carbocycles. The zero-order valence-electron chi connectivity index (χ0n) is 15.7. The van der Waals surface area contributed by atoms with E-state index >= 15 is 0 Å². The average molecular weight is 396 g/mol. The Hall–Kier alpha value is -3.13. The molecule has 28 heavy (non-hydrogen) atoms. The number of fused-ring (bicyclic) bond motifs is 1. The van der Waals surface area contributed by atoms with Crippen LogP contribution in [0.1, 0.15) is 18.1 Å². The minimum absolute atomic E-state index is 0.218. The maximum atomic E-state index is 13.3. The Morgan fingerprint density at radius 2 is 1.89 bits per heavy atom. The Morgan fingerprint density at radius 1 is 1.18 bits per heavy atom. The molecule has 3 rings (SSSR count). The van der Waals surface area contributed by atoms with E-state index in [2.05, 4.69) is 10.3 Å². The van der Waals surface area contributed by atoms with Gasteiger partial charge in [0.25, 0.3) is 5.56 Å². The van der Waals surface area contributed by atoms with Gasteiger partial charge in [0.1, 0.15) is 0 Å². The highest BCUT2D eigenvalue weighted by molar-refractivity contribution is 8.00. The van der Waals surface area contributed by atoms with Crippen LogP contribution in [0.3, 0.4) is 0 Å². The molecule has 8 heteroatoms. The number of nitrogens with one attached hydrogen (secondary N) is 1. The lowest BCUT2D eigenvalue weighted by atomic mass is 10.1. The molecule has 7 nitrogen and oxygen atoms in total. The van der Waals surface area contributed by atoms with Gasteiger partial charge in [-0.2, -0.15) is 0 Å². The van der Waals surface area contributed by atoms with E-state index in [1.807, 2.05) is 32.0 Å². The van der Waals surface area contributed by atoms with Crippen molar-refractivity contribution >= 4 is 34.6 Å². The molecular formula is C20H20N4O3S. The number of carbonyl (C=O) groups is 2. The lowest BCUT2D eigenvalue weighted by Crippen LogP contribution is -2.39. The van der Waals surface area contributed by atoms with Crippen molar-refractivity contribution in [2.24, 2.45) is 5.73 Å². The Labute approximate surface area is 166 Å². The number of imide groups is 1. The first-order valence-electron chi connectivity index (χ1n) is 8.64. The van der Waals surface area contributed by atoms with Crippen molar-refractivity contribution in [3.8, 4) is 5.69 Å². The van der Waals surface area contributed by atoms with Crippen molar-refractivity contribution in [2.75, 3.05) is 0 Å². The first-order valence-corrected chi connectivity index (χ1v) is 9.52. The van der Waals surface area contributed by atoms with Crippen LogP contribution in [0.2, 0.25) is 0 Å². The van der Waals surface area contributed by atoms with Gasteiger partial charge >= 0.3 is 6.03 Å². The van der Waals surface area contributed by atoms with Gasteiger partial charge in [-0.25, -0.2) is 9.78 Å². The molecule has 0 radical (unpaired) electrons. The second kappa shape index (κ2) is 7.85. The number of carbonyl (C=O) groups excluding carboxylic acids is 2. The fourth-order valence-electron chi connectivity index (χ4n) is 2.80. The van der Waals surface area contributed by atoms with Crippen molar-refractivity contribution in [1.29, 1.82) is 0 Å². The van der Waals surface area contributed by atoms with Gasteiger partial charge in [0.15, 0.2) is 5.16 Å². The summed E-state index contributed by atoms with van der Waals surface area (Å²) in [5, 5.41) is 2.23. The van der Waals surface area contributed by atoms with Crippen molar-refractivity contribution in [1.82, 2.24) is 14.9 Å². The number of hydrogen-bond acceptors (Lipinski definition) is 5. The van der Waals surface area contributed by atoms with E-state index in [-0.39, 0.29) is 5.56 Å². The second-order valence-corrected chi connectivity index (χ2v) is 7.76. The Kier molecular flexibility index (Phi) is 5.51. The Bertz CT molecular complexity index is 1140. The third kappa shape index (κ3) is 3.91. The summed E-state index contributed by atoms with van der Waals surface area (Å²) in [6.45, 7) is 5.48. The number of nitrogens with two attached hydrogens (primary N) is 1. The van der Waals surface area contributed by atoms with E-state index in [0.717, 1.165) is 22.9 Å². The van der Waals surface area contributed by atoms with Crippen LogP contribution in [0.15, 0.2) is 52.4 Å². The summed E-state index contributed by atoms with van der Waals surface area (Å²) in [6.07, 6.45) is 0. The number of amides is 3. The number of benzene rings is 2. The third-order valence-corrected chi connectivity index (χ3v) is 5.30. The summed E-state index contributed by atoms with van der Waals surface area (Å²) in [6, 6.07) is 12.0. The molecule has 0 saturated heterocycles. The molecule has 1 unspecified atom stereocenters. The minimum Gasteiger partial charge on any atom is -0.351 e. The molecule has 2 aromatic carbocycles. The number of aryl methyl sites for hydroxylation is 2. The minimum atomic E-state index is -0.921. The number of urea groups is 1. The van der Waals surface area contributed by atoms with Crippen LogP contribution < -0.4 is 16.6 Å². The molecule has 0 fully saturated rings. The standard InChI is InChI=1S/C20H20N4O3S/c1-11-8-9-12(2)16(10-11)24-18(26)14-6-4-5-7-15(14)22-20(24)28-13(3)17(25)23-19(21)27/h4-10,13H,1-3H3,(H3,21,23,25,27). The number of hydrogen-bond donors (Lipinski definition) is 2. The van der Waals surface area contributed by atoms with Crippen molar-refractivity contribution in [3.63, 3.8) is 0 Å². The van der Waals surface area contributed by atoms with E-state index in [1.165, 1.54) is 4.57 Å². The lowest BCUT2D eigenvalue weighted by molar-refractivity contribution is -0.119. The van der Waals surface area contributed by atoms with Crippen molar-refractivity contribution in [2.45, 2.75) is 31.2 Å². The monoisotopic (exact) mass is 396 g/mol. The van der Waals surface area contributed by atoms with Crippen molar-refractivity contribution in [3.05, 3.63) is 63.9 Å². The van der Waals surface area contributed by atoms with E-state index in [4.69, 9.17) is 5.73 Å². The molecule has 0 aliphatic heterocycles. The van der Waals surface area contributed by atoms with E-state index in [9.17, 15) is 14.4 Å². The van der Waals surface area contributed by atoms with Gasteiger partial charge < -0.3 is 5.73 Å². The van der Waals surface area contributed by atoms with Crippen LogP contribution in [0, 0.1) is 13.8 Å². The highest BCUT2D eigenvalue weighted by atomic mass is 32.2. The van der Waals surface area contributed by atoms with Gasteiger partial charge in [-0.15, -0.1) is 0 Å². The average Bonchev–Trinajstić information content (AvgIpc) is 2.64. The van der Waals surface area contributed by atoms with Crippen molar-refractivity contribution < 1.29 is 9.59 Å². The first kappa shape index (κ1) is 19.6. The highest BCUT2D eigenvalue weighted by Gasteiger charge is 2.21. The van der Waals surface area contributed by atoms with Crippen LogP contribution in [-0.2, 0) is 4.79 Å². The van der Waals surface area contributed by atoms with Crippen LogP contribution in [0.25, 0.3) is 16.6 Å². The zero-order chi connectivity index (χ0) is 20.4. The van der Waals surface area contributed by atoms with E-state index < -0.39 is 17.2 Å². The van der Waals surface area contributed by atoms with E-state index in [0.29, 0.717) is 21.7 Å². The molecule has 1 atom stereocenters. The fourth-order valence-corrected chi connectivity index (χ4v) is 3.72. The molecule has 0 spiro atoms. The third-order valence-electron chi connectivity index (χ3n) is 4.25. The summed E-state index contributed by atoms with van der Waals surface area (Å²) in [7, 11) is 0. The molecule has 0 aliphatic carbocycles. The molecular weight excluding hydrogens is 376 g/mol. The molecule has 1 heterocycles. The first-order chi connectivity index (χ1) is 13.3. The molecule has 3 N–H and O–H groups in total. The number of nitrogens with zero attached hydrogens (tertiary/aromatic N) is 2. The summed E-state index contributed by atoms with van der Waals surface area (Å²) >= 11 is 1.09. The Balaban J connectivity index is 2.20. The normalized spacial score (nSPS) is 12.0. The van der Waals surface area contributed by atoms with Gasteiger partial charge in [0, 0.05) is 0 Å². The van der Waals surface area contributed by atoms with Crippen LogP contribution in [0.4, 0.5) is 4.79 Å². The van der Waals surface area contributed by atoms with Gasteiger partial charge in [-0.1, -0.05) is 36.0 Å². The number of rotatable bonds is 4.